The van der Waals surface area contributed by atoms with E-state index in [9.17, 15) is 14.3 Å². The number of nitrogens with zero attached hydrogens (tertiary/aromatic N) is 3. The number of hydrogen-bond donors (Lipinski definition) is 2. The minimum absolute atomic E-state index is 0.190. The third kappa shape index (κ3) is 5.12. The van der Waals surface area contributed by atoms with Gasteiger partial charge in [-0.3, -0.25) is 14.3 Å². The fourth-order valence-corrected chi connectivity index (χ4v) is 4.27. The lowest BCUT2D eigenvalue weighted by Gasteiger charge is -2.22. The summed E-state index contributed by atoms with van der Waals surface area (Å²) in [6.45, 7) is 8.65. The Kier molecular flexibility index (Phi) is 6.90. The minimum atomic E-state index is -1.77. The van der Waals surface area contributed by atoms with E-state index in [-0.39, 0.29) is 22.4 Å². The number of alkyl halides is 1. The van der Waals surface area contributed by atoms with Crippen LogP contribution < -0.4 is 15.6 Å². The van der Waals surface area contributed by atoms with Gasteiger partial charge in [0.2, 0.25) is 0 Å². The molecular weight excluding hydrogens is 527 g/mol. The van der Waals surface area contributed by atoms with E-state index in [1.54, 1.807) is 49.7 Å². The van der Waals surface area contributed by atoms with Crippen molar-refractivity contribution < 1.29 is 14.2 Å². The second-order valence-corrected chi connectivity index (χ2v) is 10.2. The molecule has 4 rings (SSSR count). The van der Waals surface area contributed by atoms with Crippen molar-refractivity contribution in [1.82, 2.24) is 19.9 Å². The first-order valence-electron chi connectivity index (χ1n) is 11.4. The molecule has 36 heavy (non-hydrogen) atoms. The first-order valence-corrected chi connectivity index (χ1v) is 12.2. The number of aromatic nitrogens is 3. The quantitative estimate of drug-likeness (QED) is 0.449. The van der Waals surface area contributed by atoms with Gasteiger partial charge in [-0.1, -0.05) is 6.07 Å². The molecule has 0 fully saturated rings. The Balaban J connectivity index is 1.75. The zero-order valence-electron chi connectivity index (χ0n) is 20.8. The Labute approximate surface area is 217 Å². The molecule has 1 aliphatic rings. The first kappa shape index (κ1) is 25.8. The van der Waals surface area contributed by atoms with Crippen LogP contribution in [-0.4, -0.2) is 31.9 Å². The second-order valence-electron chi connectivity index (χ2n) is 9.43. The van der Waals surface area contributed by atoms with E-state index in [0.717, 1.165) is 11.1 Å². The van der Waals surface area contributed by atoms with Crippen molar-refractivity contribution in [2.45, 2.75) is 45.9 Å². The van der Waals surface area contributed by atoms with Crippen LogP contribution in [0.25, 0.3) is 17.1 Å². The number of halogens is 2. The van der Waals surface area contributed by atoms with Crippen LogP contribution in [-0.2, 0) is 5.60 Å². The van der Waals surface area contributed by atoms with Gasteiger partial charge in [-0.15, -0.1) is 0 Å². The smallest absolute Gasteiger partial charge is 0.273 e. The molecule has 188 valence electrons. The molecule has 0 saturated carbocycles. The molecule has 0 atom stereocenters. The molecule has 0 amide bonds. The molecule has 0 spiro atoms. The van der Waals surface area contributed by atoms with Crippen molar-refractivity contribution in [1.29, 1.82) is 0 Å². The topological polar surface area (TPSA) is 89.3 Å². The largest absolute Gasteiger partial charge is 0.488 e. The van der Waals surface area contributed by atoms with Crippen LogP contribution in [0.4, 0.5) is 4.39 Å². The minimum Gasteiger partial charge on any atom is -0.488 e. The third-order valence-corrected chi connectivity index (χ3v) is 6.67. The second kappa shape index (κ2) is 9.63. The summed E-state index contributed by atoms with van der Waals surface area (Å²) in [4.78, 5) is 22.6. The maximum absolute atomic E-state index is 14.9. The highest BCUT2D eigenvalue weighted by Gasteiger charge is 2.27. The van der Waals surface area contributed by atoms with Gasteiger partial charge in [0, 0.05) is 30.4 Å². The summed E-state index contributed by atoms with van der Waals surface area (Å²) >= 11 is 3.35. The van der Waals surface area contributed by atoms with Crippen LogP contribution in [0.2, 0.25) is 0 Å². The highest BCUT2D eigenvalue weighted by molar-refractivity contribution is 9.10. The fourth-order valence-electron chi connectivity index (χ4n) is 3.87. The summed E-state index contributed by atoms with van der Waals surface area (Å²) in [6, 6.07) is 7.18. The number of ether oxygens (including phenoxy) is 1. The zero-order valence-corrected chi connectivity index (χ0v) is 22.4. The maximum atomic E-state index is 14.9. The van der Waals surface area contributed by atoms with E-state index < -0.39 is 11.3 Å². The zero-order chi connectivity index (χ0) is 26.3. The number of nitrogens with one attached hydrogen (secondary N) is 1. The molecule has 2 N–H and O–H groups in total. The van der Waals surface area contributed by atoms with E-state index >= 15 is 0 Å². The van der Waals surface area contributed by atoms with Gasteiger partial charge in [-0.25, -0.2) is 9.37 Å². The standard InChI is InChI=1S/C27H28BrFN4O3/c1-16-6-7-22(26(4,5)35)32-24(16)19-13-20(17(2)14-31-19)33-18(3)12-21(23(28)25(33)34)36-15-27(29)8-10-30-11-9-27/h6-14,30,35H,15H2,1-5H3. The Bertz CT molecular complexity index is 1430. The van der Waals surface area contributed by atoms with Crippen molar-refractivity contribution in [2.75, 3.05) is 6.61 Å². The molecule has 4 heterocycles. The van der Waals surface area contributed by atoms with E-state index in [0.29, 0.717) is 28.5 Å². The Morgan fingerprint density at radius 2 is 1.86 bits per heavy atom. The van der Waals surface area contributed by atoms with Crippen molar-refractivity contribution in [3.8, 4) is 22.8 Å². The molecular formula is C27H28BrFN4O3. The van der Waals surface area contributed by atoms with E-state index in [1.165, 1.54) is 24.6 Å². The van der Waals surface area contributed by atoms with Crippen LogP contribution in [0.15, 0.2) is 64.3 Å². The molecule has 9 heteroatoms. The molecule has 1 aliphatic heterocycles. The molecule has 0 unspecified atom stereocenters. The van der Waals surface area contributed by atoms with Crippen LogP contribution in [0.5, 0.6) is 5.75 Å². The Morgan fingerprint density at radius 3 is 2.53 bits per heavy atom. The lowest BCUT2D eigenvalue weighted by Crippen LogP contribution is -2.30. The molecule has 7 nitrogen and oxygen atoms in total. The van der Waals surface area contributed by atoms with Crippen molar-refractivity contribution in [3.05, 3.63) is 92.4 Å². The van der Waals surface area contributed by atoms with Gasteiger partial charge in [0.15, 0.2) is 5.67 Å². The normalized spacial score (nSPS) is 14.6. The summed E-state index contributed by atoms with van der Waals surface area (Å²) in [5, 5.41) is 13.2. The van der Waals surface area contributed by atoms with E-state index in [1.807, 2.05) is 19.9 Å². The monoisotopic (exact) mass is 554 g/mol. The fraction of sp³-hybridized carbons (Fsp3) is 0.296. The average molecular weight is 555 g/mol. The third-order valence-electron chi connectivity index (χ3n) is 5.94. The number of rotatable bonds is 6. The molecule has 0 radical (unpaired) electrons. The summed E-state index contributed by atoms with van der Waals surface area (Å²) in [6.07, 6.45) is 7.41. The maximum Gasteiger partial charge on any atom is 0.273 e. The predicted octanol–water partition coefficient (Wildman–Crippen LogP) is 4.93. The number of dihydropyridines is 1. The summed E-state index contributed by atoms with van der Waals surface area (Å²) in [7, 11) is 0. The highest BCUT2D eigenvalue weighted by Crippen LogP contribution is 2.30. The van der Waals surface area contributed by atoms with Crippen molar-refractivity contribution in [2.24, 2.45) is 0 Å². The molecule has 0 aliphatic carbocycles. The van der Waals surface area contributed by atoms with Crippen molar-refractivity contribution >= 4 is 15.9 Å². The van der Waals surface area contributed by atoms with Crippen LogP contribution in [0.3, 0.4) is 0 Å². The van der Waals surface area contributed by atoms with Gasteiger partial charge in [0.05, 0.1) is 22.8 Å². The van der Waals surface area contributed by atoms with Gasteiger partial charge in [0.25, 0.3) is 5.56 Å². The Morgan fingerprint density at radius 1 is 1.17 bits per heavy atom. The van der Waals surface area contributed by atoms with Crippen molar-refractivity contribution in [3.63, 3.8) is 0 Å². The SMILES string of the molecule is Cc1cnc(-c2nc(C(C)(C)O)ccc2C)cc1-n1c(C)cc(OCC2(F)C=CNC=C2)c(Br)c1=O. The van der Waals surface area contributed by atoms with E-state index in [2.05, 4.69) is 31.2 Å². The molecule has 3 aromatic heterocycles. The summed E-state index contributed by atoms with van der Waals surface area (Å²) in [5.74, 6) is 0.258. The number of aliphatic hydroxyl groups is 1. The predicted molar refractivity (Wildman–Crippen MR) is 141 cm³/mol. The van der Waals surface area contributed by atoms with Gasteiger partial charge in [-0.05, 0) is 86.0 Å². The molecule has 0 bridgehead atoms. The highest BCUT2D eigenvalue weighted by atomic mass is 79.9. The molecule has 3 aromatic rings. The van der Waals surface area contributed by atoms with Gasteiger partial charge in [0.1, 0.15) is 22.4 Å². The lowest BCUT2D eigenvalue weighted by molar-refractivity contribution is 0.0739. The van der Waals surface area contributed by atoms with Gasteiger partial charge >= 0.3 is 0 Å². The first-order chi connectivity index (χ1) is 16.9. The average Bonchev–Trinajstić information content (AvgIpc) is 2.82. The van der Waals surface area contributed by atoms with Crippen LogP contribution >= 0.6 is 15.9 Å². The number of pyridine rings is 3. The van der Waals surface area contributed by atoms with E-state index in [4.69, 9.17) is 4.74 Å². The molecule has 0 aromatic carbocycles. The van der Waals surface area contributed by atoms with Gasteiger partial charge < -0.3 is 15.2 Å². The lowest BCUT2D eigenvalue weighted by atomic mass is 10.0. The number of aryl methyl sites for hydroxylation is 3. The van der Waals surface area contributed by atoms with Crippen LogP contribution in [0, 0.1) is 20.8 Å². The Hall–Kier alpha value is -3.30. The number of hydrogen-bond acceptors (Lipinski definition) is 6. The van der Waals surface area contributed by atoms with Gasteiger partial charge in [-0.2, -0.15) is 0 Å². The summed E-state index contributed by atoms with van der Waals surface area (Å²) in [5.41, 5.74) is 1.41. The molecule has 0 saturated heterocycles. The summed E-state index contributed by atoms with van der Waals surface area (Å²) < 4.78 is 22.3. The van der Waals surface area contributed by atoms with Crippen LogP contribution in [0.1, 0.15) is 36.4 Å².